The van der Waals surface area contributed by atoms with E-state index in [9.17, 15) is 6.03 Å². The van der Waals surface area contributed by atoms with Gasteiger partial charge in [0.25, 0.3) is 0 Å². The van der Waals surface area contributed by atoms with Crippen molar-refractivity contribution in [3.63, 3.8) is 0 Å². The summed E-state index contributed by atoms with van der Waals surface area (Å²) < 4.78 is 30.9. The molecule has 0 saturated heterocycles. The predicted molar refractivity (Wildman–Crippen MR) is 146 cm³/mol. The van der Waals surface area contributed by atoms with Crippen LogP contribution in [0.3, 0.4) is 0 Å². The van der Waals surface area contributed by atoms with Gasteiger partial charge in [0, 0.05) is 0 Å². The zero-order valence-corrected chi connectivity index (χ0v) is 25.9. The van der Waals surface area contributed by atoms with Gasteiger partial charge in [0.05, 0.1) is 0 Å². The summed E-state index contributed by atoms with van der Waals surface area (Å²) in [6, 6.07) is 24.9. The molecule has 0 fully saturated rings. The van der Waals surface area contributed by atoms with Crippen molar-refractivity contribution in [2.45, 2.75) is 93.2 Å². The molecule has 0 heterocycles. The van der Waals surface area contributed by atoms with E-state index in [0.717, 1.165) is 14.7 Å². The van der Waals surface area contributed by atoms with Crippen molar-refractivity contribution in [3.05, 3.63) is 89.5 Å². The monoisotopic (exact) mass is 600 g/mol. The Morgan fingerprint density at radius 1 is 0.486 bits per heavy atom. The Morgan fingerprint density at radius 3 is 0.886 bits per heavy atom. The summed E-state index contributed by atoms with van der Waals surface area (Å²) in [6.45, 7) is 19.6. The molecule has 0 atom stereocenters. The molecule has 3 rings (SSSR count). The molecular weight excluding hydrogens is 562 g/mol. The van der Waals surface area contributed by atoms with Gasteiger partial charge in [0.15, 0.2) is 0 Å². The second-order valence-corrected chi connectivity index (χ2v) is 17.4. The Morgan fingerprint density at radius 2 is 0.714 bits per heavy atom. The quantitative estimate of drug-likeness (QED) is 0.275. The van der Waals surface area contributed by atoms with Crippen molar-refractivity contribution in [1.29, 1.82) is 0 Å². The van der Waals surface area contributed by atoms with Gasteiger partial charge in [-0.05, 0) is 0 Å². The Hall–Kier alpha value is -1.61. The first-order valence-electron chi connectivity index (χ1n) is 12.0. The molecule has 5 heteroatoms. The van der Waals surface area contributed by atoms with Crippen LogP contribution in [0, 0.1) is 0 Å². The molecule has 0 saturated carbocycles. The average molecular weight is 601 g/mol. The van der Waals surface area contributed by atoms with E-state index >= 15 is 0 Å². The summed E-state index contributed by atoms with van der Waals surface area (Å²) in [5, 5.41) is 0. The number of hydrogen-bond acceptors (Lipinski definition) is 3. The molecule has 0 aliphatic rings. The van der Waals surface area contributed by atoms with E-state index in [1.807, 2.05) is 0 Å². The maximum atomic E-state index is 12.4. The molecule has 0 aliphatic carbocycles. The minimum atomic E-state index is -4.38. The third-order valence-corrected chi connectivity index (χ3v) is 12.4. The van der Waals surface area contributed by atoms with Gasteiger partial charge >= 0.3 is 222 Å². The average Bonchev–Trinajstić information content (AvgIpc) is 2.76. The summed E-state index contributed by atoms with van der Waals surface area (Å²) in [4.78, 5) is 2.66. The summed E-state index contributed by atoms with van der Waals surface area (Å²) in [7, 11) is -2.46. The fraction of sp³-hybridized carbons (Fsp3) is 0.400. The molecular formula is C30H39O3SSb. The van der Waals surface area contributed by atoms with Crippen LogP contribution in [-0.2, 0) is 24.7 Å². The van der Waals surface area contributed by atoms with Gasteiger partial charge in [0.2, 0.25) is 0 Å². The van der Waals surface area contributed by atoms with Crippen molar-refractivity contribution in [2.24, 2.45) is 0 Å². The number of hydrogen-bond donors (Lipinski definition) is 0. The molecule has 35 heavy (non-hydrogen) atoms. The SMILES string of the molecule is CC(C)(C)c1ccc(S([O][Sb](=[O])=[O])(c2ccc(C(C)(C)C)cc2)c2ccc(C(C)(C)C)cc2)cc1. The normalized spacial score (nSPS) is 13.5. The van der Waals surface area contributed by atoms with Crippen molar-refractivity contribution in [2.75, 3.05) is 0 Å². The fourth-order valence-corrected chi connectivity index (χ4v) is 10.7. The minimum absolute atomic E-state index is 0.00273. The van der Waals surface area contributed by atoms with Crippen LogP contribution in [0.5, 0.6) is 0 Å². The van der Waals surface area contributed by atoms with E-state index in [-0.39, 0.29) is 16.2 Å². The van der Waals surface area contributed by atoms with Crippen LogP contribution in [0.2, 0.25) is 0 Å². The predicted octanol–water partition coefficient (Wildman–Crippen LogP) is 8.64. The van der Waals surface area contributed by atoms with Gasteiger partial charge in [-0.15, -0.1) is 0 Å². The van der Waals surface area contributed by atoms with Crippen LogP contribution in [0.15, 0.2) is 87.5 Å². The topological polar surface area (TPSA) is 43.4 Å². The summed E-state index contributed by atoms with van der Waals surface area (Å²) >= 11 is -4.38. The van der Waals surface area contributed by atoms with E-state index < -0.39 is 30.9 Å². The van der Waals surface area contributed by atoms with E-state index in [0.29, 0.717) is 0 Å². The van der Waals surface area contributed by atoms with Crippen molar-refractivity contribution in [1.82, 2.24) is 0 Å². The second kappa shape index (κ2) is 10.0. The van der Waals surface area contributed by atoms with Crippen molar-refractivity contribution >= 4 is 30.9 Å². The van der Waals surface area contributed by atoms with Crippen molar-refractivity contribution < 1.29 is 8.50 Å². The summed E-state index contributed by atoms with van der Waals surface area (Å²) in [5.41, 5.74) is 3.58. The third kappa shape index (κ3) is 6.21. The molecule has 188 valence electrons. The molecule has 3 nitrogen and oxygen atoms in total. The van der Waals surface area contributed by atoms with Gasteiger partial charge in [0.1, 0.15) is 0 Å². The summed E-state index contributed by atoms with van der Waals surface area (Å²) in [6.07, 6.45) is 0. The number of benzene rings is 3. The Bertz CT molecular complexity index is 1070. The Kier molecular flexibility index (Phi) is 8.02. The van der Waals surface area contributed by atoms with E-state index in [1.54, 1.807) is 0 Å². The first kappa shape index (κ1) is 28.0. The molecule has 3 aromatic rings. The molecule has 0 aromatic heterocycles. The Labute approximate surface area is 221 Å². The number of rotatable bonds is 5. The van der Waals surface area contributed by atoms with Gasteiger partial charge < -0.3 is 0 Å². The maximum absolute atomic E-state index is 12.4. The van der Waals surface area contributed by atoms with Crippen molar-refractivity contribution in [3.8, 4) is 0 Å². The zero-order valence-electron chi connectivity index (χ0n) is 22.5. The van der Waals surface area contributed by atoms with Crippen LogP contribution in [-0.4, -0.2) is 20.6 Å². The molecule has 0 amide bonds. The Balaban J connectivity index is 2.32. The van der Waals surface area contributed by atoms with E-state index in [4.69, 9.17) is 2.46 Å². The van der Waals surface area contributed by atoms with Crippen LogP contribution in [0.25, 0.3) is 0 Å². The molecule has 0 N–H and O–H groups in total. The first-order valence-corrected chi connectivity index (χ1v) is 16.7. The van der Waals surface area contributed by atoms with Gasteiger partial charge in [-0.3, -0.25) is 0 Å². The molecule has 0 unspecified atom stereocenters. The second-order valence-electron chi connectivity index (χ2n) is 12.2. The van der Waals surface area contributed by atoms with Gasteiger partial charge in [-0.2, -0.15) is 0 Å². The first-order chi connectivity index (χ1) is 16.0. The van der Waals surface area contributed by atoms with Crippen LogP contribution >= 0.6 is 10.3 Å². The molecule has 0 radical (unpaired) electrons. The summed E-state index contributed by atoms with van der Waals surface area (Å²) in [5.74, 6) is 0. The van der Waals surface area contributed by atoms with Crippen LogP contribution in [0.4, 0.5) is 0 Å². The van der Waals surface area contributed by atoms with Crippen LogP contribution < -0.4 is 0 Å². The molecule has 0 spiro atoms. The standard InChI is InChI=1S/C30H40OS.2O.Sb/c1-28(2,3)22-10-16-25(17-11-22)32(31,26-18-12-23(13-19-26)29(4,5)6)27-20-14-24(15-21-27)30(7,8)9;;;/h10-21,31H,1-9H3;;;/q;;;+1/p-1. The van der Waals surface area contributed by atoms with Gasteiger partial charge in [-0.1, -0.05) is 0 Å². The van der Waals surface area contributed by atoms with E-state index in [2.05, 4.69) is 135 Å². The third-order valence-electron chi connectivity index (χ3n) is 6.33. The zero-order chi connectivity index (χ0) is 26.2. The van der Waals surface area contributed by atoms with E-state index in [1.165, 1.54) is 16.7 Å². The molecule has 3 aromatic carbocycles. The fourth-order valence-electron chi connectivity index (χ4n) is 4.07. The van der Waals surface area contributed by atoms with Crippen LogP contribution in [0.1, 0.15) is 79.0 Å². The van der Waals surface area contributed by atoms with Gasteiger partial charge in [-0.25, -0.2) is 0 Å². The molecule has 0 aliphatic heterocycles. The molecule has 0 bridgehead atoms.